The van der Waals surface area contributed by atoms with E-state index >= 15 is 0 Å². The summed E-state index contributed by atoms with van der Waals surface area (Å²) in [6, 6.07) is 9.85. The molecule has 0 radical (unpaired) electrons. The van der Waals surface area contributed by atoms with Crippen LogP contribution in [0, 0.1) is 5.41 Å². The fraction of sp³-hybridized carbons (Fsp3) is 0.588. The third-order valence-corrected chi connectivity index (χ3v) is 4.88. The molecule has 21 heavy (non-hydrogen) atoms. The molecule has 0 spiro atoms. The van der Waals surface area contributed by atoms with Crippen molar-refractivity contribution in [3.05, 3.63) is 35.9 Å². The molecule has 3 atom stereocenters. The number of hydrogen-bond donors (Lipinski definition) is 2. The zero-order chi connectivity index (χ0) is 15.7. The average molecular weight is 290 g/mol. The molecule has 3 N–H and O–H groups in total. The van der Waals surface area contributed by atoms with Gasteiger partial charge in [0.2, 0.25) is 5.91 Å². The van der Waals surface area contributed by atoms with Crippen LogP contribution in [0.5, 0.6) is 0 Å². The van der Waals surface area contributed by atoms with Crippen LogP contribution < -0.4 is 11.1 Å². The lowest BCUT2D eigenvalue weighted by Gasteiger charge is -2.57. The van der Waals surface area contributed by atoms with Gasteiger partial charge in [0.15, 0.2) is 0 Å². The van der Waals surface area contributed by atoms with Crippen LogP contribution in [0.3, 0.4) is 0 Å². The average Bonchev–Trinajstić information content (AvgIpc) is 2.47. The number of nitrogens with two attached hydrogens (primary N) is 1. The van der Waals surface area contributed by atoms with E-state index in [0.29, 0.717) is 13.0 Å². The lowest BCUT2D eigenvalue weighted by atomic mass is 9.54. The van der Waals surface area contributed by atoms with Crippen molar-refractivity contribution in [1.29, 1.82) is 0 Å². The molecule has 1 amide bonds. The predicted molar refractivity (Wildman–Crippen MR) is 83.7 cm³/mol. The summed E-state index contributed by atoms with van der Waals surface area (Å²) >= 11 is 0. The van der Waals surface area contributed by atoms with E-state index in [4.69, 9.17) is 10.5 Å². The van der Waals surface area contributed by atoms with Gasteiger partial charge in [0.1, 0.15) is 5.54 Å². The minimum absolute atomic E-state index is 0.0466. The first-order valence-electron chi connectivity index (χ1n) is 7.59. The number of amides is 1. The highest BCUT2D eigenvalue weighted by Crippen LogP contribution is 2.50. The number of carbonyl (C=O) groups excluding carboxylic acids is 1. The number of hydrogen-bond acceptors (Lipinski definition) is 3. The highest BCUT2D eigenvalue weighted by molar-refractivity contribution is 5.89. The van der Waals surface area contributed by atoms with Crippen molar-refractivity contribution in [3.63, 3.8) is 0 Å². The second-order valence-electron chi connectivity index (χ2n) is 6.45. The Morgan fingerprint density at radius 3 is 2.57 bits per heavy atom. The van der Waals surface area contributed by atoms with E-state index < -0.39 is 5.54 Å². The van der Waals surface area contributed by atoms with Crippen molar-refractivity contribution >= 4 is 5.91 Å². The molecule has 0 saturated heterocycles. The van der Waals surface area contributed by atoms with Crippen molar-refractivity contribution in [2.45, 2.75) is 51.8 Å². The summed E-state index contributed by atoms with van der Waals surface area (Å²) < 4.78 is 5.67. The van der Waals surface area contributed by atoms with Gasteiger partial charge in [-0.05, 0) is 19.4 Å². The van der Waals surface area contributed by atoms with Crippen molar-refractivity contribution in [3.8, 4) is 0 Å². The van der Waals surface area contributed by atoms with Crippen LogP contribution in [0.15, 0.2) is 30.3 Å². The van der Waals surface area contributed by atoms with Crippen LogP contribution in [0.1, 0.15) is 45.7 Å². The Bertz CT molecular complexity index is 501. The fourth-order valence-corrected chi connectivity index (χ4v) is 2.97. The minimum Gasteiger partial charge on any atom is -0.378 e. The summed E-state index contributed by atoms with van der Waals surface area (Å²) in [4.78, 5) is 12.6. The van der Waals surface area contributed by atoms with Crippen LogP contribution in [-0.2, 0) is 9.53 Å². The number of benzene rings is 1. The molecule has 0 aromatic heterocycles. The van der Waals surface area contributed by atoms with Gasteiger partial charge in [-0.15, -0.1) is 0 Å². The molecule has 116 valence electrons. The number of ether oxygens (including phenoxy) is 1. The Morgan fingerprint density at radius 1 is 1.43 bits per heavy atom. The summed E-state index contributed by atoms with van der Waals surface area (Å²) in [7, 11) is 0. The SMILES string of the molecule is CCOC1CC(N)(C(=O)N[C@@H](C)c2ccccc2)C1(C)C. The van der Waals surface area contributed by atoms with E-state index in [2.05, 4.69) is 5.32 Å². The van der Waals surface area contributed by atoms with E-state index in [9.17, 15) is 4.79 Å². The Morgan fingerprint density at radius 2 is 2.05 bits per heavy atom. The quantitative estimate of drug-likeness (QED) is 0.875. The molecule has 1 aromatic carbocycles. The Labute approximate surface area is 127 Å². The van der Waals surface area contributed by atoms with Crippen LogP contribution >= 0.6 is 0 Å². The maximum absolute atomic E-state index is 12.6. The molecule has 0 heterocycles. The van der Waals surface area contributed by atoms with Gasteiger partial charge in [0.25, 0.3) is 0 Å². The summed E-state index contributed by atoms with van der Waals surface area (Å²) in [5.41, 5.74) is 6.23. The van der Waals surface area contributed by atoms with Crippen LogP contribution in [0.4, 0.5) is 0 Å². The van der Waals surface area contributed by atoms with Gasteiger partial charge in [-0.2, -0.15) is 0 Å². The van der Waals surface area contributed by atoms with Crippen molar-refractivity contribution < 1.29 is 9.53 Å². The third kappa shape index (κ3) is 2.70. The number of rotatable bonds is 5. The summed E-state index contributed by atoms with van der Waals surface area (Å²) in [5, 5.41) is 3.04. The van der Waals surface area contributed by atoms with E-state index in [1.807, 2.05) is 58.0 Å². The Hall–Kier alpha value is -1.39. The van der Waals surface area contributed by atoms with Gasteiger partial charge >= 0.3 is 0 Å². The normalized spacial score (nSPS) is 28.5. The van der Waals surface area contributed by atoms with Crippen molar-refractivity contribution in [1.82, 2.24) is 5.32 Å². The second kappa shape index (κ2) is 5.78. The molecule has 4 nitrogen and oxygen atoms in total. The van der Waals surface area contributed by atoms with Gasteiger partial charge < -0.3 is 15.8 Å². The van der Waals surface area contributed by atoms with E-state index in [-0.39, 0.29) is 23.5 Å². The smallest absolute Gasteiger partial charge is 0.241 e. The zero-order valence-electron chi connectivity index (χ0n) is 13.3. The van der Waals surface area contributed by atoms with Crippen LogP contribution in [0.2, 0.25) is 0 Å². The molecule has 2 rings (SSSR count). The monoisotopic (exact) mass is 290 g/mol. The summed E-state index contributed by atoms with van der Waals surface area (Å²) in [6.45, 7) is 8.59. The van der Waals surface area contributed by atoms with Gasteiger partial charge in [-0.25, -0.2) is 0 Å². The zero-order valence-corrected chi connectivity index (χ0v) is 13.3. The third-order valence-electron chi connectivity index (χ3n) is 4.88. The van der Waals surface area contributed by atoms with Gasteiger partial charge in [-0.3, -0.25) is 4.79 Å². The second-order valence-corrected chi connectivity index (χ2v) is 6.45. The first-order valence-corrected chi connectivity index (χ1v) is 7.59. The molecule has 1 aliphatic carbocycles. The molecule has 1 aromatic rings. The maximum Gasteiger partial charge on any atom is 0.241 e. The van der Waals surface area contributed by atoms with E-state index in [0.717, 1.165) is 5.56 Å². The minimum atomic E-state index is -0.865. The maximum atomic E-state index is 12.6. The molecule has 0 aliphatic heterocycles. The molecule has 1 fully saturated rings. The highest BCUT2D eigenvalue weighted by atomic mass is 16.5. The molecule has 2 unspecified atom stereocenters. The topological polar surface area (TPSA) is 64.3 Å². The summed E-state index contributed by atoms with van der Waals surface area (Å²) in [6.07, 6.45) is 0.617. The Balaban J connectivity index is 2.04. The first-order chi connectivity index (χ1) is 9.83. The first kappa shape index (κ1) is 16.0. The molecular formula is C17H26N2O2. The molecule has 1 aliphatic rings. The van der Waals surface area contributed by atoms with Gasteiger partial charge in [0.05, 0.1) is 12.1 Å². The molecule has 1 saturated carbocycles. The van der Waals surface area contributed by atoms with E-state index in [1.54, 1.807) is 0 Å². The lowest BCUT2D eigenvalue weighted by Crippen LogP contribution is -2.75. The standard InChI is InChI=1S/C17H26N2O2/c1-5-21-14-11-17(18,16(14,3)4)15(20)19-12(2)13-9-7-6-8-10-13/h6-10,12,14H,5,11,18H2,1-4H3,(H,19,20)/t12-,14?,17?/m0/s1. The molecule has 4 heteroatoms. The van der Waals surface area contributed by atoms with Gasteiger partial charge in [-0.1, -0.05) is 44.2 Å². The Kier molecular flexibility index (Phi) is 4.40. The highest BCUT2D eigenvalue weighted by Gasteiger charge is 2.62. The fourth-order valence-electron chi connectivity index (χ4n) is 2.97. The summed E-state index contributed by atoms with van der Waals surface area (Å²) in [5.74, 6) is -0.0974. The van der Waals surface area contributed by atoms with E-state index in [1.165, 1.54) is 0 Å². The lowest BCUT2D eigenvalue weighted by molar-refractivity contribution is -0.171. The van der Waals surface area contributed by atoms with Crippen molar-refractivity contribution in [2.75, 3.05) is 6.61 Å². The number of nitrogens with one attached hydrogen (secondary N) is 1. The molecular weight excluding hydrogens is 264 g/mol. The molecule has 0 bridgehead atoms. The van der Waals surface area contributed by atoms with Crippen molar-refractivity contribution in [2.24, 2.45) is 11.1 Å². The predicted octanol–water partition coefficient (Wildman–Crippen LogP) is 2.40. The van der Waals surface area contributed by atoms with Gasteiger partial charge in [0, 0.05) is 18.4 Å². The largest absolute Gasteiger partial charge is 0.378 e. The van der Waals surface area contributed by atoms with Crippen LogP contribution in [-0.4, -0.2) is 24.2 Å². The van der Waals surface area contributed by atoms with Crippen LogP contribution in [0.25, 0.3) is 0 Å². The number of carbonyl (C=O) groups is 1.